The molecule has 0 saturated heterocycles. The predicted molar refractivity (Wildman–Crippen MR) is 111 cm³/mol. The highest BCUT2D eigenvalue weighted by molar-refractivity contribution is 5.96. The summed E-state index contributed by atoms with van der Waals surface area (Å²) in [6, 6.07) is 12.2. The van der Waals surface area contributed by atoms with Crippen LogP contribution in [0.3, 0.4) is 0 Å². The van der Waals surface area contributed by atoms with Crippen LogP contribution in [0.5, 0.6) is 11.5 Å². The van der Waals surface area contributed by atoms with E-state index in [1.807, 2.05) is 49.6 Å². The SMILES string of the molecule is CCc1ccc(C)[n+](CC(=O)c2cc(C)n(Cc3ccc4c(c3)OCO4)c2C)c1. The number of nitrogens with zero attached hydrogens (tertiary/aromatic N) is 2. The third-order valence-corrected chi connectivity index (χ3v) is 5.69. The third kappa shape index (κ3) is 3.77. The first-order valence-corrected chi connectivity index (χ1v) is 10.0. The van der Waals surface area contributed by atoms with Crippen molar-refractivity contribution >= 4 is 5.78 Å². The number of hydrogen-bond acceptors (Lipinski definition) is 3. The largest absolute Gasteiger partial charge is 0.454 e. The zero-order valence-electron chi connectivity index (χ0n) is 17.5. The van der Waals surface area contributed by atoms with Gasteiger partial charge in [0.1, 0.15) is 0 Å². The van der Waals surface area contributed by atoms with Crippen LogP contribution in [0.25, 0.3) is 0 Å². The van der Waals surface area contributed by atoms with Crippen LogP contribution in [-0.2, 0) is 19.5 Å². The molecule has 5 heteroatoms. The number of hydrogen-bond donors (Lipinski definition) is 0. The Balaban J connectivity index is 1.57. The molecule has 5 nitrogen and oxygen atoms in total. The Morgan fingerprint density at radius 1 is 1.03 bits per heavy atom. The van der Waals surface area contributed by atoms with Gasteiger partial charge in [0, 0.05) is 42.0 Å². The Hall–Kier alpha value is -3.08. The molecule has 3 heterocycles. The van der Waals surface area contributed by atoms with Crippen molar-refractivity contribution in [1.29, 1.82) is 0 Å². The van der Waals surface area contributed by atoms with Gasteiger partial charge >= 0.3 is 0 Å². The standard InChI is InChI=1S/C24H27N2O3/c1-5-19-7-6-16(2)25(12-19)14-22(27)21-10-17(3)26(18(21)4)13-20-8-9-23-24(11-20)29-15-28-23/h6-12H,5,13-15H2,1-4H3/q+1. The summed E-state index contributed by atoms with van der Waals surface area (Å²) in [5.41, 5.74) is 6.30. The highest BCUT2D eigenvalue weighted by atomic mass is 16.7. The topological polar surface area (TPSA) is 44.3 Å². The average Bonchev–Trinajstić information content (AvgIpc) is 3.29. The molecule has 150 valence electrons. The summed E-state index contributed by atoms with van der Waals surface area (Å²) in [6.45, 7) is 9.55. The quantitative estimate of drug-likeness (QED) is 0.473. The van der Waals surface area contributed by atoms with E-state index in [2.05, 4.69) is 29.8 Å². The lowest BCUT2D eigenvalue weighted by molar-refractivity contribution is -0.689. The summed E-state index contributed by atoms with van der Waals surface area (Å²) in [4.78, 5) is 13.1. The van der Waals surface area contributed by atoms with Crippen LogP contribution in [0, 0.1) is 20.8 Å². The van der Waals surface area contributed by atoms with Crippen molar-refractivity contribution in [2.75, 3.05) is 6.79 Å². The molecule has 4 rings (SSSR count). The molecular formula is C24H27N2O3+. The van der Waals surface area contributed by atoms with Crippen molar-refractivity contribution in [3.05, 3.63) is 76.4 Å². The van der Waals surface area contributed by atoms with E-state index in [1.54, 1.807) is 0 Å². The monoisotopic (exact) mass is 391 g/mol. The van der Waals surface area contributed by atoms with Crippen molar-refractivity contribution in [1.82, 2.24) is 4.57 Å². The first kappa shape index (κ1) is 19.2. The summed E-state index contributed by atoms with van der Waals surface area (Å²) in [7, 11) is 0. The number of carbonyl (C=O) groups is 1. The second kappa shape index (κ2) is 7.74. The normalized spacial score (nSPS) is 12.4. The molecule has 0 radical (unpaired) electrons. The lowest BCUT2D eigenvalue weighted by atomic mass is 10.1. The zero-order valence-corrected chi connectivity index (χ0v) is 17.5. The van der Waals surface area contributed by atoms with E-state index in [4.69, 9.17) is 9.47 Å². The van der Waals surface area contributed by atoms with Gasteiger partial charge in [0.05, 0.1) is 0 Å². The van der Waals surface area contributed by atoms with E-state index < -0.39 is 0 Å². The molecule has 2 aromatic heterocycles. The molecule has 1 aromatic carbocycles. The van der Waals surface area contributed by atoms with Crippen LogP contribution < -0.4 is 14.0 Å². The van der Waals surface area contributed by atoms with E-state index in [0.29, 0.717) is 13.1 Å². The molecule has 0 fully saturated rings. The lowest BCUT2D eigenvalue weighted by Gasteiger charge is -2.10. The van der Waals surface area contributed by atoms with Gasteiger partial charge in [0.15, 0.2) is 23.4 Å². The number of benzene rings is 1. The number of ketones is 1. The molecule has 0 aliphatic carbocycles. The Morgan fingerprint density at radius 3 is 2.59 bits per heavy atom. The van der Waals surface area contributed by atoms with Crippen LogP contribution in [0.4, 0.5) is 0 Å². The van der Waals surface area contributed by atoms with Gasteiger partial charge in [-0.25, -0.2) is 0 Å². The summed E-state index contributed by atoms with van der Waals surface area (Å²) < 4.78 is 15.1. The number of pyridine rings is 1. The number of fused-ring (bicyclic) bond motifs is 1. The van der Waals surface area contributed by atoms with Crippen molar-refractivity contribution < 1.29 is 18.8 Å². The average molecular weight is 391 g/mol. The van der Waals surface area contributed by atoms with Gasteiger partial charge in [-0.3, -0.25) is 4.79 Å². The summed E-state index contributed by atoms with van der Waals surface area (Å²) >= 11 is 0. The highest BCUT2D eigenvalue weighted by Crippen LogP contribution is 2.33. The first-order valence-electron chi connectivity index (χ1n) is 10.0. The molecule has 0 N–H and O–H groups in total. The van der Waals surface area contributed by atoms with Crippen molar-refractivity contribution in [3.8, 4) is 11.5 Å². The molecule has 0 unspecified atom stereocenters. The van der Waals surface area contributed by atoms with Gasteiger partial charge in [-0.1, -0.05) is 13.0 Å². The minimum atomic E-state index is 0.136. The van der Waals surface area contributed by atoms with E-state index in [1.165, 1.54) is 5.56 Å². The van der Waals surface area contributed by atoms with Crippen LogP contribution in [-0.4, -0.2) is 17.1 Å². The van der Waals surface area contributed by atoms with Gasteiger partial charge in [0.2, 0.25) is 19.1 Å². The fourth-order valence-electron chi connectivity index (χ4n) is 3.84. The molecule has 1 aliphatic rings. The molecular weight excluding hydrogens is 364 g/mol. The number of aryl methyl sites for hydroxylation is 3. The van der Waals surface area contributed by atoms with Gasteiger partial charge in [-0.2, -0.15) is 4.57 Å². The maximum Gasteiger partial charge on any atom is 0.231 e. The summed E-state index contributed by atoms with van der Waals surface area (Å²) in [5.74, 6) is 1.70. The Labute approximate surface area is 171 Å². The zero-order chi connectivity index (χ0) is 20.5. The number of Topliss-reactive ketones (excluding diaryl/α,β-unsaturated/α-hetero) is 1. The molecule has 0 bridgehead atoms. The second-order valence-electron chi connectivity index (χ2n) is 7.64. The van der Waals surface area contributed by atoms with Crippen LogP contribution >= 0.6 is 0 Å². The van der Waals surface area contributed by atoms with Crippen LogP contribution in [0.1, 0.15) is 45.5 Å². The van der Waals surface area contributed by atoms with Gasteiger partial charge in [0.25, 0.3) is 0 Å². The minimum Gasteiger partial charge on any atom is -0.454 e. The fraction of sp³-hybridized carbons (Fsp3) is 0.333. The van der Waals surface area contributed by atoms with Crippen molar-refractivity contribution in [2.24, 2.45) is 0 Å². The molecule has 0 amide bonds. The Morgan fingerprint density at radius 2 is 1.79 bits per heavy atom. The summed E-state index contributed by atoms with van der Waals surface area (Å²) in [5, 5.41) is 0. The van der Waals surface area contributed by atoms with Gasteiger partial charge in [-0.05, 0) is 50.1 Å². The van der Waals surface area contributed by atoms with Gasteiger partial charge in [-0.15, -0.1) is 0 Å². The third-order valence-electron chi connectivity index (χ3n) is 5.69. The van der Waals surface area contributed by atoms with E-state index in [0.717, 1.165) is 46.1 Å². The Bertz CT molecular complexity index is 1080. The van der Waals surface area contributed by atoms with Crippen LogP contribution in [0.15, 0.2) is 42.6 Å². The maximum atomic E-state index is 13.1. The highest BCUT2D eigenvalue weighted by Gasteiger charge is 2.21. The number of aromatic nitrogens is 2. The number of ether oxygens (including phenoxy) is 2. The predicted octanol–water partition coefficient (Wildman–Crippen LogP) is 3.92. The molecule has 0 spiro atoms. The molecule has 29 heavy (non-hydrogen) atoms. The maximum absolute atomic E-state index is 13.1. The lowest BCUT2D eigenvalue weighted by Crippen LogP contribution is -2.41. The van der Waals surface area contributed by atoms with Crippen molar-refractivity contribution in [2.45, 2.75) is 47.2 Å². The van der Waals surface area contributed by atoms with Crippen molar-refractivity contribution in [3.63, 3.8) is 0 Å². The molecule has 0 atom stereocenters. The van der Waals surface area contributed by atoms with Gasteiger partial charge < -0.3 is 14.0 Å². The smallest absolute Gasteiger partial charge is 0.231 e. The minimum absolute atomic E-state index is 0.136. The van der Waals surface area contributed by atoms with E-state index in [-0.39, 0.29) is 12.6 Å². The Kier molecular flexibility index (Phi) is 5.14. The van der Waals surface area contributed by atoms with E-state index >= 15 is 0 Å². The first-order chi connectivity index (χ1) is 14.0. The van der Waals surface area contributed by atoms with E-state index in [9.17, 15) is 4.79 Å². The fourth-order valence-corrected chi connectivity index (χ4v) is 3.84. The second-order valence-corrected chi connectivity index (χ2v) is 7.64. The van der Waals surface area contributed by atoms with Crippen LogP contribution in [0.2, 0.25) is 0 Å². The molecule has 0 saturated carbocycles. The summed E-state index contributed by atoms with van der Waals surface area (Å²) in [6.07, 6.45) is 3.04. The number of rotatable bonds is 6. The molecule has 1 aliphatic heterocycles. The molecule has 3 aromatic rings. The number of carbonyl (C=O) groups excluding carboxylic acids is 1.